The molecular formula is C39H60N8O6. The number of hydrogen-bond acceptors (Lipinski definition) is 12. The van der Waals surface area contributed by atoms with Gasteiger partial charge in [0.1, 0.15) is 23.0 Å². The van der Waals surface area contributed by atoms with E-state index in [4.69, 9.17) is 9.47 Å². The van der Waals surface area contributed by atoms with Gasteiger partial charge in [0.05, 0.1) is 24.3 Å². The van der Waals surface area contributed by atoms with E-state index in [1.54, 1.807) is 12.1 Å². The van der Waals surface area contributed by atoms with Crippen LogP contribution >= 0.6 is 0 Å². The van der Waals surface area contributed by atoms with Gasteiger partial charge < -0.3 is 24.6 Å². The van der Waals surface area contributed by atoms with Crippen LogP contribution in [0.15, 0.2) is 36.4 Å². The molecule has 0 unspecified atom stereocenters. The summed E-state index contributed by atoms with van der Waals surface area (Å²) in [6.45, 7) is 10.9. The van der Waals surface area contributed by atoms with E-state index in [1.165, 1.54) is 75.6 Å². The third-order valence-electron chi connectivity index (χ3n) is 8.43. The molecule has 3 aromatic rings. The molecule has 0 saturated heterocycles. The Kier molecular flexibility index (Phi) is 19.4. The Morgan fingerprint density at radius 2 is 1.00 bits per heavy atom. The number of unbranched alkanes of at least 4 members (excludes halogenated alkanes) is 10. The number of hydrogen-bond donors (Lipinski definition) is 6. The van der Waals surface area contributed by atoms with E-state index in [-0.39, 0.29) is 34.5 Å². The SMILES string of the molecule is CCCCCCCCOc1ccc(C(=O)NNc2nc(NNC(=O)c3ccc(OCCCCCCCC)cc3O)nc(N(CCC)CCC)n2)c(O)c1. The van der Waals surface area contributed by atoms with Crippen LogP contribution in [-0.4, -0.2) is 63.3 Å². The lowest BCUT2D eigenvalue weighted by Crippen LogP contribution is -2.34. The van der Waals surface area contributed by atoms with Crippen molar-refractivity contribution in [3.63, 3.8) is 0 Å². The van der Waals surface area contributed by atoms with Crippen LogP contribution in [0.3, 0.4) is 0 Å². The Morgan fingerprint density at radius 1 is 0.585 bits per heavy atom. The molecule has 1 heterocycles. The molecule has 0 bridgehead atoms. The van der Waals surface area contributed by atoms with Gasteiger partial charge in [-0.15, -0.1) is 0 Å². The number of nitrogens with zero attached hydrogens (tertiary/aromatic N) is 4. The van der Waals surface area contributed by atoms with Gasteiger partial charge in [-0.2, -0.15) is 15.0 Å². The van der Waals surface area contributed by atoms with Crippen LogP contribution in [-0.2, 0) is 0 Å². The normalized spacial score (nSPS) is 10.8. The molecular weight excluding hydrogens is 676 g/mol. The van der Waals surface area contributed by atoms with Crippen molar-refractivity contribution in [2.45, 2.75) is 118 Å². The van der Waals surface area contributed by atoms with E-state index in [0.717, 1.165) is 38.5 Å². The zero-order valence-corrected chi connectivity index (χ0v) is 32.0. The maximum absolute atomic E-state index is 13.0. The third kappa shape index (κ3) is 15.2. The molecule has 2 amide bonds. The second kappa shape index (κ2) is 24.3. The number of carbonyl (C=O) groups is 2. The minimum Gasteiger partial charge on any atom is -0.507 e. The molecule has 6 N–H and O–H groups in total. The number of amides is 2. The van der Waals surface area contributed by atoms with E-state index < -0.39 is 11.8 Å². The average Bonchev–Trinajstić information content (AvgIpc) is 3.15. The number of aromatic nitrogens is 3. The van der Waals surface area contributed by atoms with E-state index in [1.807, 2.05) is 18.7 Å². The number of carbonyl (C=O) groups excluding carboxylic acids is 2. The van der Waals surface area contributed by atoms with Gasteiger partial charge in [0.2, 0.25) is 17.8 Å². The topological polar surface area (TPSA) is 183 Å². The van der Waals surface area contributed by atoms with Gasteiger partial charge in [-0.05, 0) is 49.9 Å². The van der Waals surface area contributed by atoms with Crippen LogP contribution in [0.5, 0.6) is 23.0 Å². The molecule has 1 aromatic heterocycles. The van der Waals surface area contributed by atoms with Gasteiger partial charge in [-0.25, -0.2) is 0 Å². The van der Waals surface area contributed by atoms with Crippen molar-refractivity contribution in [1.29, 1.82) is 0 Å². The molecule has 0 aliphatic heterocycles. The predicted octanol–water partition coefficient (Wildman–Crippen LogP) is 7.90. The average molecular weight is 737 g/mol. The van der Waals surface area contributed by atoms with E-state index in [9.17, 15) is 19.8 Å². The minimum atomic E-state index is -0.622. The highest BCUT2D eigenvalue weighted by atomic mass is 16.5. The molecule has 0 atom stereocenters. The largest absolute Gasteiger partial charge is 0.507 e. The van der Waals surface area contributed by atoms with Crippen LogP contribution in [0.4, 0.5) is 17.8 Å². The Balaban J connectivity index is 1.62. The Morgan fingerprint density at radius 3 is 1.40 bits per heavy atom. The number of anilines is 3. The molecule has 0 aliphatic rings. The maximum Gasteiger partial charge on any atom is 0.273 e. The minimum absolute atomic E-state index is 0.00889. The summed E-state index contributed by atoms with van der Waals surface area (Å²) in [5.74, 6) is -0.445. The van der Waals surface area contributed by atoms with Crippen molar-refractivity contribution in [2.75, 3.05) is 42.1 Å². The highest BCUT2D eigenvalue weighted by molar-refractivity contribution is 5.98. The van der Waals surface area contributed by atoms with Crippen LogP contribution in [0, 0.1) is 0 Å². The van der Waals surface area contributed by atoms with Gasteiger partial charge >= 0.3 is 0 Å². The number of aromatic hydroxyl groups is 2. The van der Waals surface area contributed by atoms with Crippen molar-refractivity contribution >= 4 is 29.7 Å². The van der Waals surface area contributed by atoms with Crippen molar-refractivity contribution < 1.29 is 29.3 Å². The number of rotatable bonds is 27. The standard InChI is InChI=1S/C39H60N8O6/c1-5-9-11-13-15-17-25-52-29-19-21-31(33(48)27-29)35(50)43-45-37-40-38(42-39(41-37)47(23-7-3)24-8-4)46-44-36(51)32-22-20-30(28-34(32)49)53-26-18-16-14-12-10-6-2/h19-22,27-28,48-49H,5-18,23-26H2,1-4H3,(H,43,50)(H,44,51)(H2,40,41,42,45,46). The molecule has 3 rings (SSSR count). The molecule has 53 heavy (non-hydrogen) atoms. The van der Waals surface area contributed by atoms with Gasteiger partial charge in [0.25, 0.3) is 11.8 Å². The third-order valence-corrected chi connectivity index (χ3v) is 8.43. The van der Waals surface area contributed by atoms with E-state index in [2.05, 4.69) is 50.5 Å². The number of phenols is 2. The molecule has 2 aromatic carbocycles. The monoisotopic (exact) mass is 736 g/mol. The zero-order chi connectivity index (χ0) is 38.3. The molecule has 14 heteroatoms. The lowest BCUT2D eigenvalue weighted by molar-refractivity contribution is 0.0951. The maximum atomic E-state index is 13.0. The Bertz CT molecular complexity index is 1430. The molecule has 0 aliphatic carbocycles. The highest BCUT2D eigenvalue weighted by Gasteiger charge is 2.17. The first-order valence-electron chi connectivity index (χ1n) is 19.3. The predicted molar refractivity (Wildman–Crippen MR) is 209 cm³/mol. The summed E-state index contributed by atoms with van der Waals surface area (Å²) < 4.78 is 11.5. The second-order valence-corrected chi connectivity index (χ2v) is 13.0. The number of phenolic OH excluding ortho intramolecular Hbond substituents is 2. The molecule has 0 spiro atoms. The van der Waals surface area contributed by atoms with Crippen LogP contribution in [0.25, 0.3) is 0 Å². The summed E-state index contributed by atoms with van der Waals surface area (Å²) in [7, 11) is 0. The number of nitrogens with one attached hydrogen (secondary N) is 4. The summed E-state index contributed by atoms with van der Waals surface area (Å²) in [6, 6.07) is 9.08. The lowest BCUT2D eigenvalue weighted by atomic mass is 10.1. The fourth-order valence-electron chi connectivity index (χ4n) is 5.56. The molecule has 14 nitrogen and oxygen atoms in total. The van der Waals surface area contributed by atoms with Crippen LogP contribution < -0.4 is 36.1 Å². The first-order valence-corrected chi connectivity index (χ1v) is 19.3. The quantitative estimate of drug-likeness (QED) is 0.0329. The van der Waals surface area contributed by atoms with Gasteiger partial charge in [-0.3, -0.25) is 31.3 Å². The van der Waals surface area contributed by atoms with Crippen LogP contribution in [0.1, 0.15) is 138 Å². The summed E-state index contributed by atoms with van der Waals surface area (Å²) >= 11 is 0. The summed E-state index contributed by atoms with van der Waals surface area (Å²) in [6.07, 6.45) is 15.4. The second-order valence-electron chi connectivity index (χ2n) is 13.0. The smallest absolute Gasteiger partial charge is 0.273 e. The molecule has 0 saturated carbocycles. The Labute approximate surface area is 314 Å². The summed E-state index contributed by atoms with van der Waals surface area (Å²) in [5.41, 5.74) is 10.5. The first kappa shape index (κ1) is 42.4. The number of benzene rings is 2. The van der Waals surface area contributed by atoms with Crippen molar-refractivity contribution in [1.82, 2.24) is 25.8 Å². The first-order chi connectivity index (χ1) is 25.8. The Hall–Kier alpha value is -5.01. The van der Waals surface area contributed by atoms with E-state index >= 15 is 0 Å². The lowest BCUT2D eigenvalue weighted by Gasteiger charge is -2.22. The number of ether oxygens (including phenoxy) is 2. The number of hydrazine groups is 2. The fourth-order valence-corrected chi connectivity index (χ4v) is 5.56. The summed E-state index contributed by atoms with van der Waals surface area (Å²) in [4.78, 5) is 41.3. The van der Waals surface area contributed by atoms with Gasteiger partial charge in [0.15, 0.2) is 0 Å². The van der Waals surface area contributed by atoms with Crippen molar-refractivity contribution in [2.24, 2.45) is 0 Å². The fraction of sp³-hybridized carbons (Fsp3) is 0.564. The van der Waals surface area contributed by atoms with Gasteiger partial charge in [-0.1, -0.05) is 91.9 Å². The molecule has 292 valence electrons. The highest BCUT2D eigenvalue weighted by Crippen LogP contribution is 2.25. The van der Waals surface area contributed by atoms with Crippen molar-refractivity contribution in [3.8, 4) is 23.0 Å². The van der Waals surface area contributed by atoms with E-state index in [0.29, 0.717) is 43.8 Å². The molecule has 0 radical (unpaired) electrons. The molecule has 0 fully saturated rings. The van der Waals surface area contributed by atoms with Gasteiger partial charge in [0, 0.05) is 25.2 Å². The van der Waals surface area contributed by atoms with Crippen LogP contribution in [0.2, 0.25) is 0 Å². The summed E-state index contributed by atoms with van der Waals surface area (Å²) in [5, 5.41) is 21.2. The zero-order valence-electron chi connectivity index (χ0n) is 32.0. The van der Waals surface area contributed by atoms with Crippen molar-refractivity contribution in [3.05, 3.63) is 47.5 Å².